The van der Waals surface area contributed by atoms with Crippen molar-refractivity contribution < 1.29 is 9.18 Å². The monoisotopic (exact) mass is 249 g/mol. The normalized spacial score (nSPS) is 19.1. The first-order chi connectivity index (χ1) is 8.49. The first-order valence-electron chi connectivity index (χ1n) is 6.49. The molecule has 1 saturated heterocycles. The Morgan fingerprint density at radius 3 is 2.72 bits per heavy atom. The van der Waals surface area contributed by atoms with Crippen molar-refractivity contribution in [3.8, 4) is 0 Å². The number of hydrogen-bond acceptors (Lipinski definition) is 2. The van der Waals surface area contributed by atoms with Gasteiger partial charge in [0.1, 0.15) is 5.82 Å². The summed E-state index contributed by atoms with van der Waals surface area (Å²) >= 11 is 0. The number of ketones is 1. The van der Waals surface area contributed by atoms with Crippen LogP contribution >= 0.6 is 0 Å². The van der Waals surface area contributed by atoms with Crippen LogP contribution in [0.3, 0.4) is 0 Å². The topological polar surface area (TPSA) is 20.3 Å². The minimum absolute atomic E-state index is 0.0927. The molecule has 0 aromatic heterocycles. The van der Waals surface area contributed by atoms with Crippen LogP contribution in [-0.2, 0) is 11.2 Å². The summed E-state index contributed by atoms with van der Waals surface area (Å²) in [4.78, 5) is 14.2. The zero-order chi connectivity index (χ0) is 13.2. The molecule has 1 aliphatic rings. The maximum absolute atomic E-state index is 13.4. The number of benzene rings is 1. The highest BCUT2D eigenvalue weighted by atomic mass is 19.1. The molecule has 3 heteroatoms. The van der Waals surface area contributed by atoms with E-state index in [1.165, 1.54) is 6.07 Å². The standard InChI is InChI=1S/C15H20FNO/c1-15(2)8-5-9-17(15)11-13(18)10-12-6-3-4-7-14(12)16/h3-4,6-7H,5,8-11H2,1-2H3. The average Bonchev–Trinajstić information content (AvgIpc) is 2.62. The van der Waals surface area contributed by atoms with E-state index in [1.54, 1.807) is 18.2 Å². The maximum Gasteiger partial charge on any atom is 0.151 e. The minimum atomic E-state index is -0.286. The van der Waals surface area contributed by atoms with E-state index >= 15 is 0 Å². The van der Waals surface area contributed by atoms with Crippen molar-refractivity contribution in [2.75, 3.05) is 13.1 Å². The number of halogens is 1. The van der Waals surface area contributed by atoms with Crippen molar-refractivity contribution in [1.29, 1.82) is 0 Å². The van der Waals surface area contributed by atoms with Crippen molar-refractivity contribution in [3.63, 3.8) is 0 Å². The fraction of sp³-hybridized carbons (Fsp3) is 0.533. The van der Waals surface area contributed by atoms with E-state index < -0.39 is 0 Å². The molecule has 18 heavy (non-hydrogen) atoms. The van der Waals surface area contributed by atoms with Gasteiger partial charge in [0.25, 0.3) is 0 Å². The SMILES string of the molecule is CC1(C)CCCN1CC(=O)Cc1ccccc1F. The second-order valence-corrected chi connectivity index (χ2v) is 5.64. The van der Waals surface area contributed by atoms with Crippen LogP contribution in [-0.4, -0.2) is 29.3 Å². The summed E-state index contributed by atoms with van der Waals surface area (Å²) in [5, 5.41) is 0. The highest BCUT2D eigenvalue weighted by molar-refractivity contribution is 5.83. The van der Waals surface area contributed by atoms with E-state index in [9.17, 15) is 9.18 Å². The molecule has 1 aromatic rings. The predicted molar refractivity (Wildman–Crippen MR) is 70.0 cm³/mol. The Morgan fingerprint density at radius 2 is 2.11 bits per heavy atom. The Labute approximate surface area is 108 Å². The number of rotatable bonds is 4. The number of Topliss-reactive ketones (excluding diaryl/α,β-unsaturated/α-hetero) is 1. The summed E-state index contributed by atoms with van der Waals surface area (Å²) in [6, 6.07) is 6.50. The molecule has 0 atom stereocenters. The van der Waals surface area contributed by atoms with Crippen LogP contribution in [0.4, 0.5) is 4.39 Å². The van der Waals surface area contributed by atoms with Gasteiger partial charge in [-0.15, -0.1) is 0 Å². The highest BCUT2D eigenvalue weighted by Crippen LogP contribution is 2.27. The lowest BCUT2D eigenvalue weighted by molar-refractivity contribution is -0.120. The van der Waals surface area contributed by atoms with Gasteiger partial charge in [0.15, 0.2) is 5.78 Å². The summed E-state index contributed by atoms with van der Waals surface area (Å²) < 4.78 is 13.4. The molecule has 0 amide bonds. The van der Waals surface area contributed by atoms with Gasteiger partial charge in [-0.05, 0) is 44.9 Å². The summed E-state index contributed by atoms with van der Waals surface area (Å²) in [5.41, 5.74) is 0.602. The molecule has 1 heterocycles. The molecule has 98 valence electrons. The molecule has 1 aromatic carbocycles. The van der Waals surface area contributed by atoms with Gasteiger partial charge in [-0.2, -0.15) is 0 Å². The highest BCUT2D eigenvalue weighted by Gasteiger charge is 2.32. The molecule has 0 saturated carbocycles. The fourth-order valence-corrected chi connectivity index (χ4v) is 2.58. The lowest BCUT2D eigenvalue weighted by atomic mass is 10.0. The largest absolute Gasteiger partial charge is 0.298 e. The van der Waals surface area contributed by atoms with Crippen molar-refractivity contribution in [1.82, 2.24) is 4.90 Å². The molecule has 0 radical (unpaired) electrons. The third-order valence-corrected chi connectivity index (χ3v) is 3.79. The second-order valence-electron chi connectivity index (χ2n) is 5.64. The van der Waals surface area contributed by atoms with Gasteiger partial charge in [-0.1, -0.05) is 18.2 Å². The lowest BCUT2D eigenvalue weighted by Crippen LogP contribution is -2.41. The molecular weight excluding hydrogens is 229 g/mol. The molecule has 1 aliphatic heterocycles. The van der Waals surface area contributed by atoms with Crippen LogP contribution in [0, 0.1) is 5.82 Å². The molecule has 2 nitrogen and oxygen atoms in total. The first kappa shape index (κ1) is 13.2. The molecule has 0 aliphatic carbocycles. The van der Waals surface area contributed by atoms with E-state index in [-0.39, 0.29) is 23.6 Å². The number of hydrogen-bond donors (Lipinski definition) is 0. The van der Waals surface area contributed by atoms with Crippen molar-refractivity contribution >= 4 is 5.78 Å². The van der Waals surface area contributed by atoms with Crippen LogP contribution < -0.4 is 0 Å². The molecular formula is C15H20FNO. The van der Waals surface area contributed by atoms with Crippen molar-refractivity contribution in [2.24, 2.45) is 0 Å². The average molecular weight is 249 g/mol. The Kier molecular flexibility index (Phi) is 3.81. The van der Waals surface area contributed by atoms with Crippen LogP contribution in [0.5, 0.6) is 0 Å². The summed E-state index contributed by atoms with van der Waals surface area (Å²) in [5.74, 6) is -0.193. The summed E-state index contributed by atoms with van der Waals surface area (Å²) in [6.07, 6.45) is 2.46. The summed E-state index contributed by atoms with van der Waals surface area (Å²) in [6.45, 7) is 5.73. The first-order valence-corrected chi connectivity index (χ1v) is 6.49. The third kappa shape index (κ3) is 2.96. The van der Waals surface area contributed by atoms with Crippen LogP contribution in [0.1, 0.15) is 32.3 Å². The van der Waals surface area contributed by atoms with Gasteiger partial charge >= 0.3 is 0 Å². The van der Waals surface area contributed by atoms with E-state index in [4.69, 9.17) is 0 Å². The number of likely N-dealkylation sites (tertiary alicyclic amines) is 1. The van der Waals surface area contributed by atoms with Gasteiger partial charge in [0.2, 0.25) is 0 Å². The van der Waals surface area contributed by atoms with Gasteiger partial charge in [-0.3, -0.25) is 9.69 Å². The van der Waals surface area contributed by atoms with Crippen LogP contribution in [0.25, 0.3) is 0 Å². The van der Waals surface area contributed by atoms with Crippen molar-refractivity contribution in [2.45, 2.75) is 38.6 Å². The van der Waals surface area contributed by atoms with E-state index in [1.807, 2.05) is 0 Å². The third-order valence-electron chi connectivity index (χ3n) is 3.79. The summed E-state index contributed by atoms with van der Waals surface area (Å²) in [7, 11) is 0. The van der Waals surface area contributed by atoms with Gasteiger partial charge < -0.3 is 0 Å². The maximum atomic E-state index is 13.4. The number of carbonyl (C=O) groups is 1. The smallest absolute Gasteiger partial charge is 0.151 e. The van der Waals surface area contributed by atoms with E-state index in [0.29, 0.717) is 12.1 Å². The van der Waals surface area contributed by atoms with Crippen molar-refractivity contribution in [3.05, 3.63) is 35.6 Å². The van der Waals surface area contributed by atoms with Crippen LogP contribution in [0.2, 0.25) is 0 Å². The molecule has 0 spiro atoms. The van der Waals surface area contributed by atoms with Gasteiger partial charge in [0.05, 0.1) is 6.54 Å². The quantitative estimate of drug-likeness (QED) is 0.818. The molecule has 0 N–H and O–H groups in total. The molecule has 1 fully saturated rings. The molecule has 0 bridgehead atoms. The molecule has 0 unspecified atom stereocenters. The second kappa shape index (κ2) is 5.19. The number of carbonyl (C=O) groups excluding carboxylic acids is 1. The zero-order valence-electron chi connectivity index (χ0n) is 11.1. The van der Waals surface area contributed by atoms with E-state index in [0.717, 1.165) is 19.4 Å². The predicted octanol–water partition coefficient (Wildman–Crippen LogP) is 2.81. The minimum Gasteiger partial charge on any atom is -0.298 e. The van der Waals surface area contributed by atoms with Crippen LogP contribution in [0.15, 0.2) is 24.3 Å². The Bertz CT molecular complexity index is 442. The van der Waals surface area contributed by atoms with Gasteiger partial charge in [-0.25, -0.2) is 4.39 Å². The molecule has 2 rings (SSSR count). The lowest BCUT2D eigenvalue weighted by Gasteiger charge is -2.30. The zero-order valence-corrected chi connectivity index (χ0v) is 11.1. The Hall–Kier alpha value is -1.22. The van der Waals surface area contributed by atoms with Gasteiger partial charge in [0, 0.05) is 12.0 Å². The van der Waals surface area contributed by atoms with E-state index in [2.05, 4.69) is 18.7 Å². The fourth-order valence-electron chi connectivity index (χ4n) is 2.58. The Morgan fingerprint density at radius 1 is 1.39 bits per heavy atom. The Balaban J connectivity index is 1.95. The number of nitrogens with zero attached hydrogens (tertiary/aromatic N) is 1.